The third-order valence-electron chi connectivity index (χ3n) is 3.30. The Morgan fingerprint density at radius 1 is 1.55 bits per heavy atom. The van der Waals surface area contributed by atoms with Crippen molar-refractivity contribution < 1.29 is 9.53 Å². The van der Waals surface area contributed by atoms with E-state index in [9.17, 15) is 9.59 Å². The van der Waals surface area contributed by atoms with Crippen molar-refractivity contribution in [1.82, 2.24) is 9.47 Å². The lowest BCUT2D eigenvalue weighted by Crippen LogP contribution is -2.33. The van der Waals surface area contributed by atoms with Crippen LogP contribution in [0.2, 0.25) is 0 Å². The van der Waals surface area contributed by atoms with E-state index < -0.39 is 0 Å². The number of rotatable bonds is 8. The molecule has 6 nitrogen and oxygen atoms in total. The van der Waals surface area contributed by atoms with Crippen LogP contribution >= 0.6 is 0 Å². The number of hydrogen-bond acceptors (Lipinski definition) is 4. The smallest absolute Gasteiger partial charge is 0.292 e. The molecule has 120 valence electrons. The van der Waals surface area contributed by atoms with Gasteiger partial charge in [0.05, 0.1) is 12.0 Å². The highest BCUT2D eigenvalue weighted by atomic mass is 16.5. The van der Waals surface area contributed by atoms with Crippen LogP contribution in [0.5, 0.6) is 5.75 Å². The minimum Gasteiger partial charge on any atom is -0.478 e. The second kappa shape index (κ2) is 8.88. The van der Waals surface area contributed by atoms with Gasteiger partial charge in [-0.1, -0.05) is 13.3 Å². The third kappa shape index (κ3) is 5.24. The van der Waals surface area contributed by atoms with E-state index in [0.717, 1.165) is 12.8 Å². The van der Waals surface area contributed by atoms with Crippen LogP contribution in [0.1, 0.15) is 26.7 Å². The minimum atomic E-state index is -0.325. The van der Waals surface area contributed by atoms with E-state index in [0.29, 0.717) is 13.1 Å². The molecule has 22 heavy (non-hydrogen) atoms. The summed E-state index contributed by atoms with van der Waals surface area (Å²) in [5.74, 6) is -0.298. The molecule has 1 unspecified atom stereocenters. The van der Waals surface area contributed by atoms with Gasteiger partial charge in [-0.05, 0) is 25.5 Å². The highest BCUT2D eigenvalue weighted by Crippen LogP contribution is 2.05. The second-order valence-electron chi connectivity index (χ2n) is 5.32. The number of nitrogens with zero attached hydrogens (tertiary/aromatic N) is 3. The van der Waals surface area contributed by atoms with Crippen molar-refractivity contribution in [3.63, 3.8) is 0 Å². The molecule has 0 aromatic carbocycles. The third-order valence-corrected chi connectivity index (χ3v) is 3.30. The van der Waals surface area contributed by atoms with Crippen LogP contribution < -0.4 is 10.3 Å². The van der Waals surface area contributed by atoms with Crippen molar-refractivity contribution in [3.05, 3.63) is 28.7 Å². The van der Waals surface area contributed by atoms with Crippen LogP contribution in [-0.2, 0) is 11.3 Å². The Hall–Kier alpha value is -2.29. The number of unbranched alkanes of at least 4 members (excludes halogenated alkanes) is 1. The summed E-state index contributed by atoms with van der Waals surface area (Å²) >= 11 is 0. The fourth-order valence-electron chi connectivity index (χ4n) is 1.87. The van der Waals surface area contributed by atoms with Gasteiger partial charge >= 0.3 is 0 Å². The summed E-state index contributed by atoms with van der Waals surface area (Å²) in [7, 11) is 1.72. The molecule has 1 atom stereocenters. The molecule has 0 aliphatic rings. The van der Waals surface area contributed by atoms with E-state index in [1.165, 1.54) is 10.6 Å². The molecule has 1 aromatic heterocycles. The molecule has 0 bridgehead atoms. The standard InChI is InChI=1S/C16H23N3O3/c1-4-5-8-18(3)15(20)12-22-14-7-6-9-19(16(14)21)11-13(2)10-17/h6-7,9,13H,4-5,8,11-12H2,1-3H3. The molecule has 0 aliphatic carbocycles. The Bertz CT molecular complexity index is 589. The van der Waals surface area contributed by atoms with Gasteiger partial charge in [0.1, 0.15) is 0 Å². The number of aromatic nitrogens is 1. The van der Waals surface area contributed by atoms with Crippen LogP contribution in [0.4, 0.5) is 0 Å². The lowest BCUT2D eigenvalue weighted by Gasteiger charge is -2.17. The van der Waals surface area contributed by atoms with Crippen molar-refractivity contribution in [2.75, 3.05) is 20.2 Å². The van der Waals surface area contributed by atoms with Crippen molar-refractivity contribution in [2.45, 2.75) is 33.2 Å². The highest BCUT2D eigenvalue weighted by molar-refractivity contribution is 5.77. The van der Waals surface area contributed by atoms with Gasteiger partial charge in [0.2, 0.25) is 0 Å². The van der Waals surface area contributed by atoms with E-state index in [4.69, 9.17) is 10.00 Å². The Morgan fingerprint density at radius 3 is 2.91 bits per heavy atom. The maximum Gasteiger partial charge on any atom is 0.292 e. The zero-order valence-electron chi connectivity index (χ0n) is 13.4. The molecule has 0 fully saturated rings. The highest BCUT2D eigenvalue weighted by Gasteiger charge is 2.12. The van der Waals surface area contributed by atoms with Crippen LogP contribution in [0, 0.1) is 17.2 Å². The molecule has 1 rings (SSSR count). The molecule has 6 heteroatoms. The Balaban J connectivity index is 2.67. The summed E-state index contributed by atoms with van der Waals surface area (Å²) in [5.41, 5.74) is -0.325. The number of hydrogen-bond donors (Lipinski definition) is 0. The van der Waals surface area contributed by atoms with Gasteiger partial charge in [0.25, 0.3) is 11.5 Å². The number of nitriles is 1. The maximum atomic E-state index is 12.2. The summed E-state index contributed by atoms with van der Waals surface area (Å²) in [6, 6.07) is 5.29. The van der Waals surface area contributed by atoms with Gasteiger partial charge in [0.15, 0.2) is 12.4 Å². The molecular weight excluding hydrogens is 282 g/mol. The molecule has 0 aliphatic heterocycles. The number of amides is 1. The van der Waals surface area contributed by atoms with Crippen molar-refractivity contribution >= 4 is 5.91 Å². The van der Waals surface area contributed by atoms with Crippen LogP contribution in [0.15, 0.2) is 23.1 Å². The van der Waals surface area contributed by atoms with E-state index in [-0.39, 0.29) is 29.7 Å². The van der Waals surface area contributed by atoms with Gasteiger partial charge < -0.3 is 14.2 Å². The van der Waals surface area contributed by atoms with E-state index in [1.54, 1.807) is 31.1 Å². The normalized spacial score (nSPS) is 11.5. The monoisotopic (exact) mass is 305 g/mol. The number of pyridine rings is 1. The van der Waals surface area contributed by atoms with E-state index >= 15 is 0 Å². The predicted molar refractivity (Wildman–Crippen MR) is 83.5 cm³/mol. The quantitative estimate of drug-likeness (QED) is 0.732. The fourth-order valence-corrected chi connectivity index (χ4v) is 1.87. The Labute approximate surface area is 130 Å². The molecule has 0 saturated heterocycles. The van der Waals surface area contributed by atoms with E-state index in [2.05, 4.69) is 13.0 Å². The fraction of sp³-hybridized carbons (Fsp3) is 0.562. The first kappa shape index (κ1) is 17.8. The first-order valence-corrected chi connectivity index (χ1v) is 7.45. The average molecular weight is 305 g/mol. The molecule has 0 saturated carbocycles. The van der Waals surface area contributed by atoms with Gasteiger partial charge in [-0.15, -0.1) is 0 Å². The molecule has 0 radical (unpaired) electrons. The molecule has 1 aromatic rings. The first-order chi connectivity index (χ1) is 10.5. The lowest BCUT2D eigenvalue weighted by molar-refractivity contribution is -0.132. The van der Waals surface area contributed by atoms with Gasteiger partial charge in [-0.2, -0.15) is 5.26 Å². The average Bonchev–Trinajstić information content (AvgIpc) is 2.52. The van der Waals surface area contributed by atoms with Crippen molar-refractivity contribution in [2.24, 2.45) is 5.92 Å². The van der Waals surface area contributed by atoms with Crippen LogP contribution in [0.3, 0.4) is 0 Å². The maximum absolute atomic E-state index is 12.2. The minimum absolute atomic E-state index is 0.130. The summed E-state index contributed by atoms with van der Waals surface area (Å²) in [6.07, 6.45) is 3.56. The summed E-state index contributed by atoms with van der Waals surface area (Å²) in [5, 5.41) is 8.82. The van der Waals surface area contributed by atoms with Crippen LogP contribution in [-0.4, -0.2) is 35.6 Å². The Morgan fingerprint density at radius 2 is 2.27 bits per heavy atom. The van der Waals surface area contributed by atoms with Crippen molar-refractivity contribution in [3.8, 4) is 11.8 Å². The molecule has 1 amide bonds. The van der Waals surface area contributed by atoms with Gasteiger partial charge in [-0.3, -0.25) is 9.59 Å². The largest absolute Gasteiger partial charge is 0.478 e. The van der Waals surface area contributed by atoms with Gasteiger partial charge in [-0.25, -0.2) is 0 Å². The number of ether oxygens (including phenoxy) is 1. The molecule has 0 N–H and O–H groups in total. The zero-order valence-corrected chi connectivity index (χ0v) is 13.4. The summed E-state index contributed by atoms with van der Waals surface area (Å²) in [4.78, 5) is 25.7. The molecule has 0 spiro atoms. The SMILES string of the molecule is CCCCN(C)C(=O)COc1cccn(CC(C)C#N)c1=O. The molecular formula is C16H23N3O3. The van der Waals surface area contributed by atoms with Gasteiger partial charge in [0, 0.05) is 26.3 Å². The summed E-state index contributed by atoms with van der Waals surface area (Å²) < 4.78 is 6.77. The van der Waals surface area contributed by atoms with Crippen LogP contribution in [0.25, 0.3) is 0 Å². The first-order valence-electron chi connectivity index (χ1n) is 7.45. The number of likely N-dealkylation sites (N-methyl/N-ethyl adjacent to an activating group) is 1. The topological polar surface area (TPSA) is 75.3 Å². The summed E-state index contributed by atoms with van der Waals surface area (Å²) in [6.45, 7) is 4.62. The van der Waals surface area contributed by atoms with E-state index in [1.807, 2.05) is 0 Å². The molecule has 1 heterocycles. The Kier molecular flexibility index (Phi) is 7.17. The van der Waals surface area contributed by atoms with Crippen molar-refractivity contribution in [1.29, 1.82) is 5.26 Å². The second-order valence-corrected chi connectivity index (χ2v) is 5.32. The number of carbonyl (C=O) groups is 1. The number of carbonyl (C=O) groups excluding carboxylic acids is 1. The predicted octanol–water partition coefficient (Wildman–Crippen LogP) is 1.65. The lowest BCUT2D eigenvalue weighted by atomic mass is 10.2. The zero-order chi connectivity index (χ0) is 16.5.